The Bertz CT molecular complexity index is 975. The highest BCUT2D eigenvalue weighted by Crippen LogP contribution is 2.50. The summed E-state index contributed by atoms with van der Waals surface area (Å²) in [6.07, 6.45) is 2.61. The van der Waals surface area contributed by atoms with Crippen LogP contribution in [-0.4, -0.2) is 16.9 Å². The number of aryl methyl sites for hydroxylation is 1. The quantitative estimate of drug-likeness (QED) is 0.631. The summed E-state index contributed by atoms with van der Waals surface area (Å²) in [4.78, 5) is 12.7. The first kappa shape index (κ1) is 17.1. The molecule has 1 N–H and O–H groups in total. The first-order valence-electron chi connectivity index (χ1n) is 8.92. The molecule has 3 atom stereocenters. The first-order chi connectivity index (χ1) is 13.0. The molecule has 2 aliphatic rings. The van der Waals surface area contributed by atoms with Crippen molar-refractivity contribution in [3.63, 3.8) is 0 Å². The van der Waals surface area contributed by atoms with Crippen LogP contribution in [0.2, 0.25) is 0 Å². The molecule has 6 heteroatoms. The van der Waals surface area contributed by atoms with E-state index in [1.54, 1.807) is 12.1 Å². The molecule has 2 aliphatic heterocycles. The number of anilines is 1. The van der Waals surface area contributed by atoms with Gasteiger partial charge in [-0.05, 0) is 30.5 Å². The van der Waals surface area contributed by atoms with Crippen molar-refractivity contribution in [3.05, 3.63) is 81.0 Å². The molecule has 27 heavy (non-hydrogen) atoms. The Morgan fingerprint density at radius 3 is 2.67 bits per heavy atom. The van der Waals surface area contributed by atoms with Crippen LogP contribution in [0.15, 0.2) is 54.2 Å². The Morgan fingerprint density at radius 1 is 1.26 bits per heavy atom. The molecular weight excluding hydrogens is 340 g/mol. The predicted molar refractivity (Wildman–Crippen MR) is 103 cm³/mol. The molecule has 2 heterocycles. The van der Waals surface area contributed by atoms with Gasteiger partial charge in [0.2, 0.25) is 0 Å². The molecule has 0 radical (unpaired) electrons. The fourth-order valence-electron chi connectivity index (χ4n) is 4.34. The van der Waals surface area contributed by atoms with E-state index in [0.717, 1.165) is 16.8 Å². The number of nitrogens with one attached hydrogen (secondary N) is 1. The standard InChI is InChI=1S/C21H20N4O2/c1-13-3-8-19-17(9-13)21-18(10-14(11-22)12-24(21)2)20(23-19)15-4-6-16(7-5-15)25(26)27/h3-9,12,18,20-21,23H,10H2,1-2H3/t18-,20-,21+/m0/s1. The number of fused-ring (bicyclic) bond motifs is 3. The molecule has 0 bridgehead atoms. The van der Waals surface area contributed by atoms with E-state index in [1.807, 2.05) is 25.4 Å². The van der Waals surface area contributed by atoms with Crippen LogP contribution in [0.3, 0.4) is 0 Å². The molecule has 0 aliphatic carbocycles. The smallest absolute Gasteiger partial charge is 0.269 e. The Balaban J connectivity index is 1.81. The highest BCUT2D eigenvalue weighted by Gasteiger charge is 2.41. The molecule has 0 saturated heterocycles. The lowest BCUT2D eigenvalue weighted by Gasteiger charge is -2.47. The molecule has 0 aromatic heterocycles. The number of benzene rings is 2. The summed E-state index contributed by atoms with van der Waals surface area (Å²) in [7, 11) is 2.01. The molecular formula is C21H20N4O2. The van der Waals surface area contributed by atoms with Crippen LogP contribution in [0.5, 0.6) is 0 Å². The van der Waals surface area contributed by atoms with E-state index in [0.29, 0.717) is 6.42 Å². The van der Waals surface area contributed by atoms with Crippen molar-refractivity contribution in [3.8, 4) is 6.07 Å². The van der Waals surface area contributed by atoms with Crippen LogP contribution in [0, 0.1) is 34.3 Å². The van der Waals surface area contributed by atoms with Crippen LogP contribution < -0.4 is 5.32 Å². The van der Waals surface area contributed by atoms with E-state index in [1.165, 1.54) is 11.1 Å². The number of nitro benzene ring substituents is 1. The van der Waals surface area contributed by atoms with Gasteiger partial charge < -0.3 is 10.2 Å². The number of hydrogen-bond donors (Lipinski definition) is 1. The Morgan fingerprint density at radius 2 is 2.00 bits per heavy atom. The van der Waals surface area contributed by atoms with Crippen molar-refractivity contribution in [1.29, 1.82) is 5.26 Å². The Hall–Kier alpha value is -3.33. The van der Waals surface area contributed by atoms with Gasteiger partial charge in [-0.2, -0.15) is 5.26 Å². The van der Waals surface area contributed by atoms with Gasteiger partial charge in [0.15, 0.2) is 0 Å². The topological polar surface area (TPSA) is 82.2 Å². The van der Waals surface area contributed by atoms with Crippen molar-refractivity contribution in [2.75, 3.05) is 12.4 Å². The second-order valence-electron chi connectivity index (χ2n) is 7.31. The van der Waals surface area contributed by atoms with Crippen LogP contribution in [0.4, 0.5) is 11.4 Å². The summed E-state index contributed by atoms with van der Waals surface area (Å²) >= 11 is 0. The number of rotatable bonds is 2. The fourth-order valence-corrected chi connectivity index (χ4v) is 4.34. The van der Waals surface area contributed by atoms with Gasteiger partial charge in [-0.25, -0.2) is 0 Å². The summed E-state index contributed by atoms with van der Waals surface area (Å²) in [5, 5.41) is 24.0. The minimum absolute atomic E-state index is 0.0227. The summed E-state index contributed by atoms with van der Waals surface area (Å²) in [5.41, 5.74) is 5.34. The van der Waals surface area contributed by atoms with Gasteiger partial charge in [0.1, 0.15) is 0 Å². The number of allylic oxidation sites excluding steroid dienone is 1. The SMILES string of the molecule is Cc1ccc2c(c1)[C@@H]1[C@@H](CC(C#N)=CN1C)[C@H](c1ccc([N+](=O)[O-])cc1)N2. The van der Waals surface area contributed by atoms with E-state index in [2.05, 4.69) is 41.4 Å². The fraction of sp³-hybridized carbons (Fsp3) is 0.286. The van der Waals surface area contributed by atoms with Crippen LogP contribution in [-0.2, 0) is 0 Å². The average molecular weight is 360 g/mol. The summed E-state index contributed by atoms with van der Waals surface area (Å²) < 4.78 is 0. The third-order valence-electron chi connectivity index (χ3n) is 5.53. The minimum atomic E-state index is -0.385. The Kier molecular flexibility index (Phi) is 4.08. The van der Waals surface area contributed by atoms with Gasteiger partial charge in [0, 0.05) is 42.6 Å². The summed E-state index contributed by atoms with van der Waals surface area (Å²) in [6.45, 7) is 2.08. The van der Waals surface area contributed by atoms with Gasteiger partial charge in [0.25, 0.3) is 5.69 Å². The third-order valence-corrected chi connectivity index (χ3v) is 5.53. The zero-order valence-electron chi connectivity index (χ0n) is 15.2. The lowest BCUT2D eigenvalue weighted by molar-refractivity contribution is -0.384. The zero-order valence-corrected chi connectivity index (χ0v) is 15.2. The minimum Gasteiger partial charge on any atom is -0.378 e. The van der Waals surface area contributed by atoms with E-state index < -0.39 is 0 Å². The van der Waals surface area contributed by atoms with Gasteiger partial charge in [0.05, 0.1) is 23.1 Å². The number of nitrogens with zero attached hydrogens (tertiary/aromatic N) is 3. The van der Waals surface area contributed by atoms with E-state index in [9.17, 15) is 15.4 Å². The molecule has 0 saturated carbocycles. The summed E-state index contributed by atoms with van der Waals surface area (Å²) in [5.74, 6) is 0.158. The van der Waals surface area contributed by atoms with E-state index in [-0.39, 0.29) is 28.6 Å². The zero-order chi connectivity index (χ0) is 19.1. The van der Waals surface area contributed by atoms with Crippen LogP contribution >= 0.6 is 0 Å². The normalized spacial score (nSPS) is 23.4. The number of nitriles is 1. The van der Waals surface area contributed by atoms with E-state index >= 15 is 0 Å². The lowest BCUT2D eigenvalue weighted by atomic mass is 9.74. The first-order valence-corrected chi connectivity index (χ1v) is 8.92. The number of non-ortho nitro benzene ring substituents is 1. The van der Waals surface area contributed by atoms with Crippen molar-refractivity contribution in [1.82, 2.24) is 4.90 Å². The molecule has 2 aromatic carbocycles. The van der Waals surface area contributed by atoms with Gasteiger partial charge in [-0.1, -0.05) is 29.8 Å². The predicted octanol–water partition coefficient (Wildman–Crippen LogP) is 4.47. The molecule has 2 aromatic rings. The lowest BCUT2D eigenvalue weighted by Crippen LogP contribution is -2.40. The van der Waals surface area contributed by atoms with E-state index in [4.69, 9.17) is 0 Å². The molecule has 0 unspecified atom stereocenters. The van der Waals surface area contributed by atoms with Crippen molar-refractivity contribution < 1.29 is 4.92 Å². The van der Waals surface area contributed by atoms with Crippen molar-refractivity contribution >= 4 is 11.4 Å². The highest BCUT2D eigenvalue weighted by atomic mass is 16.6. The summed E-state index contributed by atoms with van der Waals surface area (Å²) in [6, 6.07) is 15.5. The average Bonchev–Trinajstić information content (AvgIpc) is 2.67. The van der Waals surface area contributed by atoms with Crippen molar-refractivity contribution in [2.45, 2.75) is 25.4 Å². The third kappa shape index (κ3) is 2.91. The van der Waals surface area contributed by atoms with Crippen molar-refractivity contribution in [2.24, 2.45) is 5.92 Å². The monoisotopic (exact) mass is 360 g/mol. The highest BCUT2D eigenvalue weighted by molar-refractivity contribution is 5.59. The number of hydrogen-bond acceptors (Lipinski definition) is 5. The van der Waals surface area contributed by atoms with Crippen LogP contribution in [0.25, 0.3) is 0 Å². The van der Waals surface area contributed by atoms with Crippen LogP contribution in [0.1, 0.15) is 35.2 Å². The maximum Gasteiger partial charge on any atom is 0.269 e. The molecule has 0 fully saturated rings. The maximum absolute atomic E-state index is 11.0. The van der Waals surface area contributed by atoms with Gasteiger partial charge >= 0.3 is 0 Å². The molecule has 0 amide bonds. The Labute approximate surface area is 157 Å². The van der Waals surface area contributed by atoms with Gasteiger partial charge in [-0.15, -0.1) is 0 Å². The molecule has 4 rings (SSSR count). The second kappa shape index (κ2) is 6.44. The number of nitro groups is 1. The largest absolute Gasteiger partial charge is 0.378 e. The van der Waals surface area contributed by atoms with Gasteiger partial charge in [-0.3, -0.25) is 10.1 Å². The second-order valence-corrected chi connectivity index (χ2v) is 7.31. The maximum atomic E-state index is 11.0. The molecule has 0 spiro atoms. The molecule has 136 valence electrons. The molecule has 6 nitrogen and oxygen atoms in total.